The van der Waals surface area contributed by atoms with Gasteiger partial charge in [0.25, 0.3) is 0 Å². The van der Waals surface area contributed by atoms with E-state index in [0.717, 1.165) is 27.9 Å². The molecule has 1 aliphatic heterocycles. The minimum absolute atomic E-state index is 0.0357. The monoisotopic (exact) mass is 419 g/mol. The van der Waals surface area contributed by atoms with Gasteiger partial charge in [0, 0.05) is 28.6 Å². The first-order valence-electron chi connectivity index (χ1n) is 9.93. The maximum absolute atomic E-state index is 13.5. The molecule has 30 heavy (non-hydrogen) atoms. The normalized spacial score (nSPS) is 22.6. The predicted molar refractivity (Wildman–Crippen MR) is 115 cm³/mol. The molecule has 0 unspecified atom stereocenters. The Labute approximate surface area is 179 Å². The number of nitrogens with zero attached hydrogens (tertiary/aromatic N) is 1. The lowest BCUT2D eigenvalue weighted by molar-refractivity contribution is -0.141. The maximum Gasteiger partial charge on any atom is 0.309 e. The van der Waals surface area contributed by atoms with Gasteiger partial charge in [0.05, 0.1) is 18.2 Å². The number of halogens is 2. The quantitative estimate of drug-likeness (QED) is 0.512. The Kier molecular flexibility index (Phi) is 4.87. The highest BCUT2D eigenvalue weighted by molar-refractivity contribution is 6.30. The largest absolute Gasteiger partial charge is 0.465 e. The molecule has 1 saturated heterocycles. The topological polar surface area (TPSA) is 39.2 Å². The van der Waals surface area contributed by atoms with Crippen LogP contribution < -0.4 is 0 Å². The summed E-state index contributed by atoms with van der Waals surface area (Å²) < 4.78 is 18.8. The fourth-order valence-electron chi connectivity index (χ4n) is 4.49. The molecule has 2 aliphatic rings. The average Bonchev–Trinajstić information content (AvgIpc) is 3.12. The molecular formula is C25H19ClFNO2. The highest BCUT2D eigenvalue weighted by atomic mass is 35.5. The van der Waals surface area contributed by atoms with Gasteiger partial charge in [0.15, 0.2) is 0 Å². The molecule has 0 amide bonds. The molecular weight excluding hydrogens is 401 g/mol. The van der Waals surface area contributed by atoms with Crippen LogP contribution in [-0.4, -0.2) is 17.6 Å². The highest BCUT2D eigenvalue weighted by Crippen LogP contribution is 2.45. The summed E-state index contributed by atoms with van der Waals surface area (Å²) in [5, 5.41) is 0.688. The summed E-state index contributed by atoms with van der Waals surface area (Å²) >= 11 is 6.26. The number of allylic oxidation sites excluding steroid dienone is 1. The molecule has 3 nitrogen and oxygen atoms in total. The standard InChI is InChI=1S/C25H19ClFNO2/c26-18-6-4-16-11-23-24(14-30-25(23)29)21(22(16)12-18)9-8-20-7-5-17(13-28-20)15-2-1-3-19(27)10-15/h1-10,12-13,21,23-24H,11,14H2/b9-8+/t21-,23-,24+/m0/s1. The number of hydrogen-bond donors (Lipinski definition) is 0. The third-order valence-corrected chi connectivity index (χ3v) is 6.26. The van der Waals surface area contributed by atoms with E-state index in [1.807, 2.05) is 42.5 Å². The van der Waals surface area contributed by atoms with E-state index in [1.54, 1.807) is 12.3 Å². The number of hydrogen-bond acceptors (Lipinski definition) is 3. The molecule has 1 aromatic heterocycles. The van der Waals surface area contributed by atoms with Gasteiger partial charge >= 0.3 is 5.97 Å². The number of aromatic nitrogens is 1. The first-order valence-corrected chi connectivity index (χ1v) is 10.3. The van der Waals surface area contributed by atoms with Crippen molar-refractivity contribution in [3.63, 3.8) is 0 Å². The Hall–Kier alpha value is -2.98. The van der Waals surface area contributed by atoms with Gasteiger partial charge in [-0.2, -0.15) is 0 Å². The van der Waals surface area contributed by atoms with E-state index in [4.69, 9.17) is 16.3 Å². The molecule has 5 rings (SSSR count). The minimum atomic E-state index is -0.269. The Bertz CT molecular complexity index is 1140. The number of ether oxygens (including phenoxy) is 1. The zero-order chi connectivity index (χ0) is 20.7. The molecule has 150 valence electrons. The van der Waals surface area contributed by atoms with Gasteiger partial charge in [-0.15, -0.1) is 0 Å². The molecule has 5 heteroatoms. The summed E-state index contributed by atoms with van der Waals surface area (Å²) in [5.41, 5.74) is 4.74. The lowest BCUT2D eigenvalue weighted by atomic mass is 9.70. The van der Waals surface area contributed by atoms with Crippen molar-refractivity contribution in [2.45, 2.75) is 12.3 Å². The van der Waals surface area contributed by atoms with Crippen LogP contribution in [0.15, 0.2) is 66.9 Å². The summed E-state index contributed by atoms with van der Waals surface area (Å²) in [6, 6.07) is 16.2. The van der Waals surface area contributed by atoms with Crippen molar-refractivity contribution in [1.29, 1.82) is 0 Å². The van der Waals surface area contributed by atoms with E-state index in [9.17, 15) is 9.18 Å². The summed E-state index contributed by atoms with van der Waals surface area (Å²) in [6.07, 6.45) is 6.50. The average molecular weight is 420 g/mol. The first kappa shape index (κ1) is 19.0. The van der Waals surface area contributed by atoms with Crippen LogP contribution in [0.2, 0.25) is 5.02 Å². The summed E-state index contributed by atoms with van der Waals surface area (Å²) in [5.74, 6) is -0.359. The Balaban J connectivity index is 1.44. The van der Waals surface area contributed by atoms with Crippen LogP contribution in [0.1, 0.15) is 22.7 Å². The predicted octanol–water partition coefficient (Wildman–Crippen LogP) is 5.68. The zero-order valence-corrected chi connectivity index (χ0v) is 16.9. The van der Waals surface area contributed by atoms with Crippen LogP contribution >= 0.6 is 11.6 Å². The number of fused-ring (bicyclic) bond motifs is 2. The van der Waals surface area contributed by atoms with Crippen molar-refractivity contribution in [2.75, 3.05) is 6.61 Å². The molecule has 0 bridgehead atoms. The molecule has 3 atom stereocenters. The van der Waals surface area contributed by atoms with E-state index < -0.39 is 0 Å². The Morgan fingerprint density at radius 3 is 2.80 bits per heavy atom. The lowest BCUT2D eigenvalue weighted by Crippen LogP contribution is -2.29. The van der Waals surface area contributed by atoms with Crippen molar-refractivity contribution in [3.8, 4) is 11.1 Å². The number of cyclic esters (lactones) is 1. The summed E-state index contributed by atoms with van der Waals surface area (Å²) in [6.45, 7) is 0.427. The van der Waals surface area contributed by atoms with Crippen molar-refractivity contribution >= 4 is 23.6 Å². The second kappa shape index (κ2) is 7.69. The number of benzene rings is 2. The van der Waals surface area contributed by atoms with Gasteiger partial charge in [-0.3, -0.25) is 9.78 Å². The van der Waals surface area contributed by atoms with Crippen LogP contribution in [0.25, 0.3) is 17.2 Å². The molecule has 2 aromatic carbocycles. The van der Waals surface area contributed by atoms with Crippen LogP contribution in [0.4, 0.5) is 4.39 Å². The molecule has 1 aliphatic carbocycles. The summed E-state index contributed by atoms with van der Waals surface area (Å²) in [7, 11) is 0. The van der Waals surface area contributed by atoms with E-state index in [-0.39, 0.29) is 29.5 Å². The number of esters is 1. The summed E-state index contributed by atoms with van der Waals surface area (Å²) in [4.78, 5) is 16.7. The van der Waals surface area contributed by atoms with Gasteiger partial charge in [-0.05, 0) is 59.5 Å². The molecule has 0 spiro atoms. The molecule has 1 fully saturated rings. The Morgan fingerprint density at radius 1 is 1.10 bits per heavy atom. The minimum Gasteiger partial charge on any atom is -0.465 e. The first-order chi connectivity index (χ1) is 14.6. The second-order valence-electron chi connectivity index (χ2n) is 7.81. The highest BCUT2D eigenvalue weighted by Gasteiger charge is 2.45. The molecule has 0 N–H and O–H groups in total. The van der Waals surface area contributed by atoms with Crippen LogP contribution in [-0.2, 0) is 16.0 Å². The molecule has 0 saturated carbocycles. The third kappa shape index (κ3) is 3.52. The molecule has 0 radical (unpaired) electrons. The van der Waals surface area contributed by atoms with E-state index >= 15 is 0 Å². The molecule has 3 aromatic rings. The fourth-order valence-corrected chi connectivity index (χ4v) is 4.67. The van der Waals surface area contributed by atoms with Gasteiger partial charge in [-0.1, -0.05) is 41.9 Å². The van der Waals surface area contributed by atoms with Crippen LogP contribution in [0.3, 0.4) is 0 Å². The van der Waals surface area contributed by atoms with E-state index in [1.165, 1.54) is 12.1 Å². The van der Waals surface area contributed by atoms with Gasteiger partial charge < -0.3 is 4.74 Å². The van der Waals surface area contributed by atoms with Crippen LogP contribution in [0, 0.1) is 17.7 Å². The maximum atomic E-state index is 13.5. The van der Waals surface area contributed by atoms with Gasteiger partial charge in [-0.25, -0.2) is 4.39 Å². The lowest BCUT2D eigenvalue weighted by Gasteiger charge is -2.31. The van der Waals surface area contributed by atoms with Crippen molar-refractivity contribution < 1.29 is 13.9 Å². The van der Waals surface area contributed by atoms with Crippen LogP contribution in [0.5, 0.6) is 0 Å². The zero-order valence-electron chi connectivity index (χ0n) is 16.1. The SMILES string of the molecule is O=C1OC[C@H]2[C@@H]1Cc1ccc(Cl)cc1[C@@H]2/C=C/c1ccc(-c2cccc(F)c2)cn1. The Morgan fingerprint density at radius 2 is 2.00 bits per heavy atom. The molecule has 2 heterocycles. The van der Waals surface area contributed by atoms with Crippen molar-refractivity contribution in [1.82, 2.24) is 4.98 Å². The van der Waals surface area contributed by atoms with E-state index in [2.05, 4.69) is 11.1 Å². The fraction of sp³-hybridized carbons (Fsp3) is 0.200. The van der Waals surface area contributed by atoms with E-state index in [0.29, 0.717) is 18.1 Å². The third-order valence-electron chi connectivity index (χ3n) is 6.02. The second-order valence-corrected chi connectivity index (χ2v) is 8.25. The number of pyridine rings is 1. The van der Waals surface area contributed by atoms with Gasteiger partial charge in [0.1, 0.15) is 5.82 Å². The van der Waals surface area contributed by atoms with Crippen molar-refractivity contribution in [3.05, 3.63) is 94.5 Å². The number of carbonyl (C=O) groups is 1. The van der Waals surface area contributed by atoms with Gasteiger partial charge in [0.2, 0.25) is 0 Å². The number of carbonyl (C=O) groups excluding carboxylic acids is 1. The smallest absolute Gasteiger partial charge is 0.309 e. The van der Waals surface area contributed by atoms with Crippen molar-refractivity contribution in [2.24, 2.45) is 11.8 Å². The number of rotatable bonds is 3.